The minimum Gasteiger partial charge on any atom is -0.395 e. The zero-order valence-corrected chi connectivity index (χ0v) is 14.2. The highest BCUT2D eigenvalue weighted by Crippen LogP contribution is 2.33. The average Bonchev–Trinajstić information content (AvgIpc) is 2.35. The van der Waals surface area contributed by atoms with Crippen molar-refractivity contribution in [2.24, 2.45) is 5.41 Å². The summed E-state index contributed by atoms with van der Waals surface area (Å²) in [4.78, 5) is 2.52. The quantitative estimate of drug-likeness (QED) is 0.755. The van der Waals surface area contributed by atoms with Gasteiger partial charge in [-0.2, -0.15) is 0 Å². The van der Waals surface area contributed by atoms with Gasteiger partial charge in [0.2, 0.25) is 0 Å². The minimum atomic E-state index is 0.142. The molecule has 1 saturated heterocycles. The van der Waals surface area contributed by atoms with E-state index in [1.807, 2.05) is 0 Å². The molecule has 124 valence electrons. The van der Waals surface area contributed by atoms with E-state index in [1.54, 1.807) is 0 Å². The molecular formula is C17H34N2O2. The van der Waals surface area contributed by atoms with E-state index in [0.29, 0.717) is 6.04 Å². The Labute approximate surface area is 130 Å². The Bertz CT molecular complexity index is 304. The molecule has 1 aliphatic heterocycles. The molecule has 1 atom stereocenters. The van der Waals surface area contributed by atoms with Crippen LogP contribution in [0.5, 0.6) is 0 Å². The summed E-state index contributed by atoms with van der Waals surface area (Å²) < 4.78 is 5.83. The van der Waals surface area contributed by atoms with E-state index in [0.717, 1.165) is 39.3 Å². The Morgan fingerprint density at radius 3 is 2.52 bits per heavy atom. The van der Waals surface area contributed by atoms with Gasteiger partial charge >= 0.3 is 0 Å². The summed E-state index contributed by atoms with van der Waals surface area (Å²) in [7, 11) is 0. The van der Waals surface area contributed by atoms with Crippen molar-refractivity contribution in [1.82, 2.24) is 10.2 Å². The topological polar surface area (TPSA) is 44.7 Å². The first-order valence-electron chi connectivity index (χ1n) is 8.62. The second-order valence-corrected chi connectivity index (χ2v) is 8.04. The molecule has 1 saturated carbocycles. The van der Waals surface area contributed by atoms with Gasteiger partial charge in [0.25, 0.3) is 0 Å². The molecule has 21 heavy (non-hydrogen) atoms. The molecule has 0 amide bonds. The molecule has 4 heteroatoms. The highest BCUT2D eigenvalue weighted by molar-refractivity contribution is 4.92. The van der Waals surface area contributed by atoms with E-state index in [4.69, 9.17) is 4.74 Å². The molecule has 0 aromatic heterocycles. The highest BCUT2D eigenvalue weighted by Gasteiger charge is 2.38. The van der Waals surface area contributed by atoms with Gasteiger partial charge in [0, 0.05) is 43.2 Å². The molecule has 1 aliphatic carbocycles. The normalized spacial score (nSPS) is 27.9. The van der Waals surface area contributed by atoms with Crippen LogP contribution in [0.15, 0.2) is 0 Å². The van der Waals surface area contributed by atoms with Gasteiger partial charge in [-0.15, -0.1) is 0 Å². The van der Waals surface area contributed by atoms with E-state index in [2.05, 4.69) is 31.0 Å². The van der Waals surface area contributed by atoms with E-state index >= 15 is 0 Å². The van der Waals surface area contributed by atoms with Gasteiger partial charge in [-0.1, -0.05) is 6.42 Å². The molecule has 0 spiro atoms. The zero-order valence-electron chi connectivity index (χ0n) is 14.2. The lowest BCUT2D eigenvalue weighted by molar-refractivity contribution is -0.0444. The second-order valence-electron chi connectivity index (χ2n) is 8.04. The Kier molecular flexibility index (Phi) is 6.06. The molecule has 2 rings (SSSR count). The van der Waals surface area contributed by atoms with Crippen LogP contribution in [0.3, 0.4) is 0 Å². The molecule has 2 aliphatic rings. The number of hydrogen-bond donors (Lipinski definition) is 2. The Balaban J connectivity index is 1.99. The van der Waals surface area contributed by atoms with Crippen molar-refractivity contribution in [3.05, 3.63) is 0 Å². The lowest BCUT2D eigenvalue weighted by atomic mass is 9.79. The first kappa shape index (κ1) is 17.2. The van der Waals surface area contributed by atoms with Gasteiger partial charge < -0.3 is 15.2 Å². The summed E-state index contributed by atoms with van der Waals surface area (Å²) in [6.07, 6.45) is 6.32. The number of ether oxygens (including phenoxy) is 1. The highest BCUT2D eigenvalue weighted by atomic mass is 16.5. The summed E-state index contributed by atoms with van der Waals surface area (Å²) >= 11 is 0. The van der Waals surface area contributed by atoms with Crippen molar-refractivity contribution in [3.8, 4) is 0 Å². The molecular weight excluding hydrogens is 264 g/mol. The maximum Gasteiger partial charge on any atom is 0.0558 e. The van der Waals surface area contributed by atoms with E-state index in [9.17, 15) is 5.11 Å². The molecule has 0 aromatic carbocycles. The van der Waals surface area contributed by atoms with Crippen molar-refractivity contribution in [1.29, 1.82) is 0 Å². The lowest BCUT2D eigenvalue weighted by Gasteiger charge is -2.46. The van der Waals surface area contributed by atoms with Crippen molar-refractivity contribution >= 4 is 0 Å². The number of aliphatic hydroxyl groups is 1. The first-order valence-corrected chi connectivity index (χ1v) is 8.62. The smallest absolute Gasteiger partial charge is 0.0558 e. The number of nitrogens with zero attached hydrogens (tertiary/aromatic N) is 1. The number of rotatable bonds is 7. The molecule has 2 N–H and O–H groups in total. The second kappa shape index (κ2) is 7.40. The van der Waals surface area contributed by atoms with Gasteiger partial charge in [-0.25, -0.2) is 0 Å². The third-order valence-electron chi connectivity index (χ3n) is 4.91. The van der Waals surface area contributed by atoms with Crippen LogP contribution in [0.1, 0.15) is 52.9 Å². The summed E-state index contributed by atoms with van der Waals surface area (Å²) in [5, 5.41) is 13.1. The lowest BCUT2D eigenvalue weighted by Crippen LogP contribution is -2.55. The van der Waals surface area contributed by atoms with Gasteiger partial charge in [-0.05, 0) is 46.5 Å². The van der Waals surface area contributed by atoms with Crippen LogP contribution in [0.4, 0.5) is 0 Å². The largest absolute Gasteiger partial charge is 0.395 e. The van der Waals surface area contributed by atoms with Crippen molar-refractivity contribution in [2.75, 3.05) is 39.5 Å². The number of hydrogen-bond acceptors (Lipinski definition) is 4. The van der Waals surface area contributed by atoms with E-state index in [-0.39, 0.29) is 17.6 Å². The molecule has 0 radical (unpaired) electrons. The van der Waals surface area contributed by atoms with Gasteiger partial charge in [0.1, 0.15) is 0 Å². The number of nitrogens with one attached hydrogen (secondary N) is 1. The number of aliphatic hydroxyl groups excluding tert-OH is 1. The Hall–Kier alpha value is -0.160. The fraction of sp³-hybridized carbons (Fsp3) is 1.00. The van der Waals surface area contributed by atoms with E-state index < -0.39 is 0 Å². The Morgan fingerprint density at radius 1 is 1.29 bits per heavy atom. The van der Waals surface area contributed by atoms with Crippen molar-refractivity contribution in [3.63, 3.8) is 0 Å². The molecule has 1 heterocycles. The third kappa shape index (κ3) is 5.20. The van der Waals surface area contributed by atoms with E-state index in [1.165, 1.54) is 25.7 Å². The Morgan fingerprint density at radius 2 is 2.05 bits per heavy atom. The standard InChI is InChI=1S/C17H34N2O2/c1-16(2,3)18-12-17(8-5-11-21-14-17)13-19(9-10-20)15-6-4-7-15/h15,18,20H,4-14H2,1-3H3. The minimum absolute atomic E-state index is 0.142. The van der Waals surface area contributed by atoms with Crippen molar-refractivity contribution in [2.45, 2.75) is 64.5 Å². The van der Waals surface area contributed by atoms with Crippen LogP contribution in [-0.4, -0.2) is 61.0 Å². The van der Waals surface area contributed by atoms with Crippen LogP contribution in [0.2, 0.25) is 0 Å². The average molecular weight is 298 g/mol. The fourth-order valence-corrected chi connectivity index (χ4v) is 3.38. The molecule has 0 aromatic rings. The predicted octanol–water partition coefficient (Wildman–Crippen LogP) is 2.02. The van der Waals surface area contributed by atoms with Gasteiger partial charge in [-0.3, -0.25) is 4.90 Å². The van der Waals surface area contributed by atoms with Crippen LogP contribution >= 0.6 is 0 Å². The molecule has 4 nitrogen and oxygen atoms in total. The first-order chi connectivity index (χ1) is 9.94. The van der Waals surface area contributed by atoms with Crippen LogP contribution in [0.25, 0.3) is 0 Å². The summed E-state index contributed by atoms with van der Waals surface area (Å²) in [6, 6.07) is 0.686. The van der Waals surface area contributed by atoms with Gasteiger partial charge in [0.05, 0.1) is 13.2 Å². The predicted molar refractivity (Wildman–Crippen MR) is 86.5 cm³/mol. The maximum absolute atomic E-state index is 9.39. The SMILES string of the molecule is CC(C)(C)NCC1(CN(CCO)C2CCC2)CCCOC1. The molecule has 2 fully saturated rings. The third-order valence-corrected chi connectivity index (χ3v) is 4.91. The monoisotopic (exact) mass is 298 g/mol. The summed E-state index contributed by atoms with van der Waals surface area (Å²) in [5.74, 6) is 0. The van der Waals surface area contributed by atoms with Crippen LogP contribution in [-0.2, 0) is 4.74 Å². The maximum atomic E-state index is 9.39. The zero-order chi connectivity index (χ0) is 15.3. The fourth-order valence-electron chi connectivity index (χ4n) is 3.38. The van der Waals surface area contributed by atoms with Gasteiger partial charge in [0.15, 0.2) is 0 Å². The molecule has 0 bridgehead atoms. The summed E-state index contributed by atoms with van der Waals surface area (Å²) in [6.45, 7) is 11.6. The van der Waals surface area contributed by atoms with Crippen LogP contribution < -0.4 is 5.32 Å². The summed E-state index contributed by atoms with van der Waals surface area (Å²) in [5.41, 5.74) is 0.346. The molecule has 1 unspecified atom stereocenters. The van der Waals surface area contributed by atoms with Crippen LogP contribution in [0, 0.1) is 5.41 Å². The van der Waals surface area contributed by atoms with Crippen molar-refractivity contribution < 1.29 is 9.84 Å².